The Morgan fingerprint density at radius 1 is 0.439 bits per heavy atom. The van der Waals surface area contributed by atoms with Gasteiger partial charge >= 0.3 is 10.1 Å². The number of fused-ring (bicyclic) bond motifs is 4. The number of hydrogen-bond donors (Lipinski definition) is 0. The van der Waals surface area contributed by atoms with E-state index in [0.717, 1.165) is 62.6 Å². The first-order valence-electron chi connectivity index (χ1n) is 12.8. The van der Waals surface area contributed by atoms with Crippen LogP contribution in [0, 0.1) is 12.1 Å². The molecule has 0 saturated carbocycles. The van der Waals surface area contributed by atoms with Crippen LogP contribution in [0.25, 0.3) is 62.6 Å². The zero-order chi connectivity index (χ0) is 27.1. The Kier molecular flexibility index (Phi) is 7.30. The first-order valence-corrected chi connectivity index (χ1v) is 14.5. The van der Waals surface area contributed by atoms with Crippen molar-refractivity contribution in [2.24, 2.45) is 0 Å². The summed E-state index contributed by atoms with van der Waals surface area (Å²) in [6.07, 6.45) is 0. The van der Waals surface area contributed by atoms with E-state index < -0.39 is 0 Å². The molecule has 0 atom stereocenters. The first kappa shape index (κ1) is 26.7. The van der Waals surface area contributed by atoms with Gasteiger partial charge in [-0.1, -0.05) is 118 Å². The van der Waals surface area contributed by atoms with Crippen molar-refractivity contribution in [1.29, 1.82) is 0 Å². The molecule has 0 spiro atoms. The van der Waals surface area contributed by atoms with Crippen LogP contribution >= 0.6 is 22.7 Å². The van der Waals surface area contributed by atoms with Crippen LogP contribution in [0.3, 0.4) is 0 Å². The van der Waals surface area contributed by atoms with E-state index in [1.54, 1.807) is 34.8 Å². The summed E-state index contributed by atoms with van der Waals surface area (Å²) in [5.41, 5.74) is 1.48. The van der Waals surface area contributed by atoms with Gasteiger partial charge in [0.05, 0.1) is 0 Å². The first-order chi connectivity index (χ1) is 19.6. The van der Waals surface area contributed by atoms with Crippen molar-refractivity contribution in [1.82, 2.24) is 0 Å². The third-order valence-corrected chi connectivity index (χ3v) is 9.08. The van der Waals surface area contributed by atoms with Crippen LogP contribution in [-0.4, -0.2) is 10.1 Å². The van der Waals surface area contributed by atoms with E-state index in [9.17, 15) is 10.2 Å². The van der Waals surface area contributed by atoms with Crippen LogP contribution in [0.1, 0.15) is 0 Å². The van der Waals surface area contributed by atoms with Gasteiger partial charge in [0.15, 0.2) is 0 Å². The summed E-state index contributed by atoms with van der Waals surface area (Å²) in [4.78, 5) is 1.84. The molecule has 0 bridgehead atoms. The summed E-state index contributed by atoms with van der Waals surface area (Å²) >= 11 is 3.24. The minimum Gasteiger partial charge on any atom is -0.879 e. The Bertz CT molecular complexity index is 1940. The fraction of sp³-hybridized carbons (Fsp3) is 0. The van der Waals surface area contributed by atoms with Crippen molar-refractivity contribution in [2.75, 3.05) is 0 Å². The molecular weight excluding hydrogens is 538 g/mol. The second-order valence-electron chi connectivity index (χ2n) is 9.50. The largest absolute Gasteiger partial charge is 2.00 e. The van der Waals surface area contributed by atoms with E-state index in [0.29, 0.717) is 0 Å². The van der Waals surface area contributed by atoms with E-state index in [2.05, 4.69) is 24.3 Å². The van der Waals surface area contributed by atoms with Crippen molar-refractivity contribution >= 4 is 74.5 Å². The van der Waals surface area contributed by atoms with Gasteiger partial charge in [0.2, 0.25) is 0 Å². The predicted octanol–water partition coefficient (Wildman–Crippen LogP) is 8.81. The Hall–Kier alpha value is -4.47. The molecule has 6 aromatic carbocycles. The smallest absolute Gasteiger partial charge is 0.879 e. The Morgan fingerprint density at radius 2 is 0.780 bits per heavy atom. The second-order valence-corrected chi connectivity index (χ2v) is 11.6. The van der Waals surface area contributed by atoms with Crippen molar-refractivity contribution in [3.8, 4) is 32.4 Å². The molecule has 0 aliphatic rings. The minimum atomic E-state index is 0. The zero-order valence-electron chi connectivity index (χ0n) is 21.9. The van der Waals surface area contributed by atoms with Gasteiger partial charge in [-0.3, -0.25) is 0 Å². The molecule has 8 aromatic rings. The molecule has 2 aromatic heterocycles. The molecule has 0 saturated heterocycles. The number of benzene rings is 6. The van der Waals surface area contributed by atoms with Crippen molar-refractivity contribution in [3.05, 3.63) is 133 Å². The van der Waals surface area contributed by atoms with Crippen molar-refractivity contribution in [3.63, 3.8) is 0 Å². The van der Waals surface area contributed by atoms with E-state index in [4.69, 9.17) is 0 Å². The molecule has 0 radical (unpaired) electrons. The summed E-state index contributed by atoms with van der Waals surface area (Å²) in [5, 5.41) is 30.9. The summed E-state index contributed by atoms with van der Waals surface area (Å²) in [6.45, 7) is 0. The molecule has 0 aliphatic carbocycles. The van der Waals surface area contributed by atoms with E-state index in [1.807, 2.05) is 97.1 Å². The van der Waals surface area contributed by atoms with Crippen molar-refractivity contribution in [2.45, 2.75) is 0 Å². The van der Waals surface area contributed by atoms with Crippen LogP contribution < -0.4 is 10.2 Å². The fourth-order valence-electron chi connectivity index (χ4n) is 4.87. The molecule has 5 heteroatoms. The van der Waals surface area contributed by atoms with Crippen LogP contribution in [-0.2, 0) is 0 Å². The molecule has 0 unspecified atom stereocenters. The number of rotatable bonds is 2. The molecule has 0 amide bonds. The topological polar surface area (TPSA) is 46.1 Å². The van der Waals surface area contributed by atoms with Gasteiger partial charge in [-0.25, -0.2) is 22.7 Å². The van der Waals surface area contributed by atoms with Crippen LogP contribution in [0.5, 0.6) is 11.5 Å². The van der Waals surface area contributed by atoms with Gasteiger partial charge in [-0.2, -0.15) is 0 Å². The molecule has 41 heavy (non-hydrogen) atoms. The fourth-order valence-corrected chi connectivity index (χ4v) is 6.92. The van der Waals surface area contributed by atoms with Crippen LogP contribution in [0.15, 0.2) is 121 Å². The van der Waals surface area contributed by atoms with E-state index >= 15 is 0 Å². The molecule has 8 rings (SSSR count). The molecule has 2 heterocycles. The maximum Gasteiger partial charge on any atom is 2.00 e. The standard InChI is InChI=1S/2C18H11OS.Be/c2*19-16-10-13-6-2-1-5-12(13)9-15(16)18-11-14-7-3-4-8-17(14)20-18;/h2*1-10,19H;/q2*-1;+2/p-2. The van der Waals surface area contributed by atoms with Gasteiger partial charge in [0.1, 0.15) is 0 Å². The molecule has 0 N–H and O–H groups in total. The Balaban J connectivity index is 0.000000144. The normalized spacial score (nSPS) is 10.9. The van der Waals surface area contributed by atoms with Crippen LogP contribution in [0.2, 0.25) is 0 Å². The average Bonchev–Trinajstić information content (AvgIpc) is 3.61. The second kappa shape index (κ2) is 11.2. The van der Waals surface area contributed by atoms with E-state index in [1.165, 1.54) is 0 Å². The molecule has 2 nitrogen and oxygen atoms in total. The maximum absolute atomic E-state index is 12.3. The van der Waals surface area contributed by atoms with Gasteiger partial charge in [-0.05, 0) is 30.9 Å². The predicted molar refractivity (Wildman–Crippen MR) is 172 cm³/mol. The summed E-state index contributed by atoms with van der Waals surface area (Å²) < 4.78 is 2.32. The van der Waals surface area contributed by atoms with Gasteiger partial charge < -0.3 is 10.2 Å². The summed E-state index contributed by atoms with van der Waals surface area (Å²) in [5.74, 6) is 0.123. The quantitative estimate of drug-likeness (QED) is 0.157. The Labute approximate surface area is 249 Å². The summed E-state index contributed by atoms with van der Waals surface area (Å²) in [7, 11) is 0. The number of thiophene rings is 2. The van der Waals surface area contributed by atoms with Gasteiger partial charge in [-0.15, -0.1) is 58.7 Å². The number of hydrogen-bond acceptors (Lipinski definition) is 4. The maximum atomic E-state index is 12.3. The third kappa shape index (κ3) is 5.21. The molecule has 192 valence electrons. The molecular formula is C36H20BeO2S2-2. The summed E-state index contributed by atoms with van der Waals surface area (Å²) in [6, 6.07) is 46.1. The SMILES string of the molecule is [Be+2].[O-]c1cc2ccccc2cc1-c1[c-]c2ccccc2s1.[O-]c1cc2ccccc2cc1-c1[c-]c2ccccc2s1. The average molecular weight is 558 g/mol. The molecule has 0 aliphatic heterocycles. The van der Waals surface area contributed by atoms with E-state index in [-0.39, 0.29) is 21.6 Å². The minimum absolute atomic E-state index is 0. The zero-order valence-corrected chi connectivity index (χ0v) is 23.5. The van der Waals surface area contributed by atoms with Gasteiger partial charge in [0, 0.05) is 0 Å². The Morgan fingerprint density at radius 3 is 1.17 bits per heavy atom. The molecule has 0 fully saturated rings. The monoisotopic (exact) mass is 557 g/mol. The third-order valence-electron chi connectivity index (χ3n) is 6.88. The van der Waals surface area contributed by atoms with Gasteiger partial charge in [0.25, 0.3) is 0 Å². The van der Waals surface area contributed by atoms with Crippen LogP contribution in [0.4, 0.5) is 0 Å². The van der Waals surface area contributed by atoms with Crippen molar-refractivity contribution < 1.29 is 10.2 Å².